The van der Waals surface area contributed by atoms with E-state index in [4.69, 9.17) is 10.5 Å². The van der Waals surface area contributed by atoms with Crippen LogP contribution >= 0.6 is 0 Å². The number of pyridine rings is 1. The molecule has 1 aromatic carbocycles. The summed E-state index contributed by atoms with van der Waals surface area (Å²) in [7, 11) is 0. The van der Waals surface area contributed by atoms with E-state index in [1.54, 1.807) is 41.4 Å². The van der Waals surface area contributed by atoms with Gasteiger partial charge in [-0.3, -0.25) is 29.4 Å². The molecule has 12 heteroatoms. The smallest absolute Gasteiger partial charge is 0.276 e. The van der Waals surface area contributed by atoms with Crippen LogP contribution in [0.1, 0.15) is 64.3 Å². The molecule has 4 N–H and O–H groups in total. The number of ether oxygens (including phenoxy) is 1. The van der Waals surface area contributed by atoms with Gasteiger partial charge in [-0.25, -0.2) is 4.98 Å². The third-order valence-corrected chi connectivity index (χ3v) is 6.89. The molecule has 12 nitrogen and oxygen atoms in total. The van der Waals surface area contributed by atoms with Gasteiger partial charge in [0.1, 0.15) is 23.6 Å². The Bertz CT molecular complexity index is 1620. The normalized spacial score (nSPS) is 14.2. The number of imidazole rings is 1. The van der Waals surface area contributed by atoms with Gasteiger partial charge in [-0.1, -0.05) is 0 Å². The minimum atomic E-state index is -0.589. The molecular formula is C29H32N8O4. The first kappa shape index (κ1) is 27.6. The minimum absolute atomic E-state index is 0.123. The fraction of sp³-hybridized carbons (Fsp3) is 0.310. The summed E-state index contributed by atoms with van der Waals surface area (Å²) in [4.78, 5) is 46.0. The number of aromatic nitrogens is 5. The summed E-state index contributed by atoms with van der Waals surface area (Å²) in [5.41, 5.74) is 9.08. The number of rotatable bonds is 11. The van der Waals surface area contributed by atoms with Crippen LogP contribution < -0.4 is 21.1 Å². The topological polar surface area (TPSA) is 159 Å². The Morgan fingerprint density at radius 2 is 1.98 bits per heavy atom. The van der Waals surface area contributed by atoms with E-state index in [2.05, 4.69) is 25.7 Å². The molecule has 3 amide bonds. The maximum atomic E-state index is 13.3. The molecule has 0 radical (unpaired) electrons. The maximum Gasteiger partial charge on any atom is 0.276 e. The third-order valence-electron chi connectivity index (χ3n) is 6.89. The Morgan fingerprint density at radius 3 is 2.73 bits per heavy atom. The molecule has 0 fully saturated rings. The van der Waals surface area contributed by atoms with Crippen molar-refractivity contribution in [1.29, 1.82) is 0 Å². The van der Waals surface area contributed by atoms with Gasteiger partial charge < -0.3 is 20.4 Å². The number of unbranched alkanes of at least 4 members (excludes halogenated alkanes) is 1. The number of carbonyl (C=O) groups is 3. The molecule has 0 spiro atoms. The van der Waals surface area contributed by atoms with Gasteiger partial charge in [0.25, 0.3) is 5.91 Å². The number of carbonyl (C=O) groups excluding carboxylic acids is 3. The van der Waals surface area contributed by atoms with Crippen molar-refractivity contribution in [3.63, 3.8) is 0 Å². The first-order chi connectivity index (χ1) is 19.8. The second kappa shape index (κ2) is 12.0. The maximum absolute atomic E-state index is 13.3. The number of hydrogen-bond donors (Lipinski definition) is 3. The van der Waals surface area contributed by atoms with Crippen molar-refractivity contribution in [2.75, 3.05) is 18.5 Å². The highest BCUT2D eigenvalue weighted by molar-refractivity contribution is 6.04. The summed E-state index contributed by atoms with van der Waals surface area (Å²) < 4.78 is 9.64. The summed E-state index contributed by atoms with van der Waals surface area (Å²) >= 11 is 0. The van der Waals surface area contributed by atoms with Crippen molar-refractivity contribution in [2.24, 2.45) is 5.73 Å². The number of primary amides is 1. The van der Waals surface area contributed by atoms with Gasteiger partial charge in [0.05, 0.1) is 17.3 Å². The molecule has 5 rings (SSSR count). The Balaban J connectivity index is 1.29. The van der Waals surface area contributed by atoms with Crippen LogP contribution in [0.3, 0.4) is 0 Å². The van der Waals surface area contributed by atoms with Crippen molar-refractivity contribution in [3.8, 4) is 5.75 Å². The van der Waals surface area contributed by atoms with Crippen LogP contribution in [-0.2, 0) is 11.3 Å². The van der Waals surface area contributed by atoms with Crippen LogP contribution in [-0.4, -0.2) is 55.2 Å². The highest BCUT2D eigenvalue weighted by atomic mass is 16.5. The number of anilines is 1. The van der Waals surface area contributed by atoms with E-state index in [-0.39, 0.29) is 23.4 Å². The number of amides is 3. The van der Waals surface area contributed by atoms with Gasteiger partial charge >= 0.3 is 0 Å². The third kappa shape index (κ3) is 6.11. The van der Waals surface area contributed by atoms with E-state index in [1.807, 2.05) is 30.5 Å². The van der Waals surface area contributed by atoms with Gasteiger partial charge in [0, 0.05) is 37.1 Å². The Hall–Kier alpha value is -5.00. The fourth-order valence-corrected chi connectivity index (χ4v) is 4.92. The molecule has 1 unspecified atom stereocenters. The van der Waals surface area contributed by atoms with E-state index >= 15 is 0 Å². The SMILES string of the molecule is CCn1nc(C)cc1C(=O)Nc1nc2cc(C(N)=O)cc3c2n1C(CCCCNC(=O)C=Cc1ccncc1)CO3. The molecule has 212 valence electrons. The lowest BCUT2D eigenvalue weighted by molar-refractivity contribution is -0.116. The molecule has 1 aliphatic rings. The average Bonchev–Trinajstić information content (AvgIpc) is 3.54. The van der Waals surface area contributed by atoms with Gasteiger partial charge in [0.2, 0.25) is 17.8 Å². The highest BCUT2D eigenvalue weighted by Crippen LogP contribution is 2.38. The summed E-state index contributed by atoms with van der Waals surface area (Å²) in [6.45, 7) is 5.15. The van der Waals surface area contributed by atoms with E-state index in [1.165, 1.54) is 6.08 Å². The van der Waals surface area contributed by atoms with Crippen molar-refractivity contribution in [2.45, 2.75) is 45.7 Å². The van der Waals surface area contributed by atoms with Crippen LogP contribution in [0, 0.1) is 6.92 Å². The number of aryl methyl sites for hydroxylation is 2. The lowest BCUT2D eigenvalue weighted by Gasteiger charge is -2.27. The number of nitrogens with zero attached hydrogens (tertiary/aromatic N) is 5. The second-order valence-corrected chi connectivity index (χ2v) is 9.82. The number of hydrogen-bond acceptors (Lipinski definition) is 7. The Morgan fingerprint density at radius 1 is 1.17 bits per heavy atom. The van der Waals surface area contributed by atoms with Crippen molar-refractivity contribution in [1.82, 2.24) is 29.6 Å². The van der Waals surface area contributed by atoms with Crippen molar-refractivity contribution < 1.29 is 19.1 Å². The molecule has 0 bridgehead atoms. The predicted molar refractivity (Wildman–Crippen MR) is 154 cm³/mol. The minimum Gasteiger partial charge on any atom is -0.489 e. The van der Waals surface area contributed by atoms with Gasteiger partial charge in [-0.15, -0.1) is 0 Å². The zero-order chi connectivity index (χ0) is 28.9. The first-order valence-electron chi connectivity index (χ1n) is 13.5. The highest BCUT2D eigenvalue weighted by Gasteiger charge is 2.29. The van der Waals surface area contributed by atoms with Gasteiger partial charge in [-0.2, -0.15) is 5.10 Å². The van der Waals surface area contributed by atoms with Gasteiger partial charge in [-0.05, 0) is 75.1 Å². The lowest BCUT2D eigenvalue weighted by atomic mass is 10.1. The van der Waals surface area contributed by atoms with E-state index in [9.17, 15) is 14.4 Å². The van der Waals surface area contributed by atoms with Gasteiger partial charge in [0.15, 0.2) is 0 Å². The number of nitrogens with one attached hydrogen (secondary N) is 2. The second-order valence-electron chi connectivity index (χ2n) is 9.82. The number of benzene rings is 1. The van der Waals surface area contributed by atoms with Crippen LogP contribution in [0.5, 0.6) is 5.75 Å². The molecule has 1 aliphatic heterocycles. The van der Waals surface area contributed by atoms with Crippen LogP contribution in [0.4, 0.5) is 5.95 Å². The van der Waals surface area contributed by atoms with Crippen LogP contribution in [0.25, 0.3) is 17.1 Å². The van der Waals surface area contributed by atoms with Crippen molar-refractivity contribution in [3.05, 3.63) is 71.3 Å². The molecule has 3 aromatic heterocycles. The summed E-state index contributed by atoms with van der Waals surface area (Å²) in [5.74, 6) is -0.234. The van der Waals surface area contributed by atoms with Crippen LogP contribution in [0.2, 0.25) is 0 Å². The number of nitrogens with two attached hydrogens (primary N) is 1. The monoisotopic (exact) mass is 556 g/mol. The zero-order valence-electron chi connectivity index (χ0n) is 23.0. The molecule has 1 atom stereocenters. The molecule has 4 heterocycles. The first-order valence-corrected chi connectivity index (χ1v) is 13.5. The predicted octanol–water partition coefficient (Wildman–Crippen LogP) is 3.24. The molecule has 0 saturated carbocycles. The lowest BCUT2D eigenvalue weighted by Crippen LogP contribution is -2.26. The van der Waals surface area contributed by atoms with E-state index < -0.39 is 5.91 Å². The standard InChI is InChI=1S/C29H32N8O4/c1-3-36-23(14-18(2)35-36)28(40)34-29-33-22-15-20(27(30)39)16-24-26(22)37(29)21(17-41-24)6-4-5-11-32-25(38)8-7-19-9-12-31-13-10-19/h7-10,12-16,21H,3-6,11,17H2,1-2H3,(H2,30,39)(H,32,38)(H,33,34,40). The molecule has 0 aliphatic carbocycles. The largest absolute Gasteiger partial charge is 0.489 e. The molecule has 4 aromatic rings. The summed E-state index contributed by atoms with van der Waals surface area (Å²) in [6.07, 6.45) is 8.87. The summed E-state index contributed by atoms with van der Waals surface area (Å²) in [5, 5.41) is 10.2. The quantitative estimate of drug-likeness (QED) is 0.189. The van der Waals surface area contributed by atoms with Crippen LogP contribution in [0.15, 0.2) is 48.8 Å². The fourth-order valence-electron chi connectivity index (χ4n) is 4.92. The average molecular weight is 557 g/mol. The zero-order valence-corrected chi connectivity index (χ0v) is 23.0. The van der Waals surface area contributed by atoms with E-state index in [0.29, 0.717) is 48.1 Å². The molecular weight excluding hydrogens is 524 g/mol. The molecule has 0 saturated heterocycles. The van der Waals surface area contributed by atoms with E-state index in [0.717, 1.165) is 30.5 Å². The summed E-state index contributed by atoms with van der Waals surface area (Å²) in [6, 6.07) is 8.47. The molecule has 41 heavy (non-hydrogen) atoms. The van der Waals surface area contributed by atoms with Crippen molar-refractivity contribution >= 4 is 40.8 Å². The Kier molecular flexibility index (Phi) is 8.09. The Labute approximate surface area is 236 Å².